The van der Waals surface area contributed by atoms with E-state index in [9.17, 15) is 9.59 Å². The lowest BCUT2D eigenvalue weighted by Crippen LogP contribution is -2.15. The molecular weight excluding hydrogens is 454 g/mol. The van der Waals surface area contributed by atoms with E-state index in [2.05, 4.69) is 21.7 Å². The van der Waals surface area contributed by atoms with Gasteiger partial charge in [0.05, 0.1) is 22.6 Å². The van der Waals surface area contributed by atoms with Crippen molar-refractivity contribution in [2.24, 2.45) is 0 Å². The number of nitrogens with zero attached hydrogens (tertiary/aromatic N) is 1. The summed E-state index contributed by atoms with van der Waals surface area (Å²) < 4.78 is 6.56. The number of ether oxygens (including phenoxy) is 1. The predicted octanol–water partition coefficient (Wildman–Crippen LogP) is 5.82. The van der Waals surface area contributed by atoms with Gasteiger partial charge in [-0.1, -0.05) is 12.1 Å². The lowest BCUT2D eigenvalue weighted by Gasteiger charge is -2.08. The highest BCUT2D eigenvalue weighted by atomic mass is 32.2. The normalized spacial score (nSPS) is 10.7. The van der Waals surface area contributed by atoms with Gasteiger partial charge in [-0.3, -0.25) is 9.59 Å². The maximum atomic E-state index is 12.5. The van der Waals surface area contributed by atoms with Gasteiger partial charge in [0.15, 0.2) is 0 Å². The molecule has 0 aliphatic heterocycles. The molecule has 1 heterocycles. The molecule has 1 aromatic heterocycles. The Labute approximate surface area is 200 Å². The van der Waals surface area contributed by atoms with E-state index in [1.54, 1.807) is 47.7 Å². The molecule has 3 aromatic carbocycles. The minimum Gasteiger partial charge on any atom is -0.494 e. The fourth-order valence-corrected chi connectivity index (χ4v) is 4.97. The third-order valence-electron chi connectivity index (χ3n) is 4.65. The molecule has 0 fully saturated rings. The van der Waals surface area contributed by atoms with Crippen LogP contribution in [0.15, 0.2) is 72.8 Å². The number of anilines is 2. The predicted molar refractivity (Wildman–Crippen MR) is 136 cm³/mol. The van der Waals surface area contributed by atoms with Gasteiger partial charge >= 0.3 is 0 Å². The second kappa shape index (κ2) is 11.0. The Morgan fingerprint density at radius 3 is 2.36 bits per heavy atom. The highest BCUT2D eigenvalue weighted by Crippen LogP contribution is 2.25. The first-order valence-corrected chi connectivity index (χ1v) is 12.4. The van der Waals surface area contributed by atoms with Crippen molar-refractivity contribution >= 4 is 56.5 Å². The van der Waals surface area contributed by atoms with E-state index in [1.807, 2.05) is 37.3 Å². The van der Waals surface area contributed by atoms with Crippen LogP contribution in [0.2, 0.25) is 0 Å². The number of hydrogen-bond donors (Lipinski definition) is 2. The van der Waals surface area contributed by atoms with E-state index in [1.165, 1.54) is 11.8 Å². The SMILES string of the molecule is CCOc1ccc(NC(=O)c2ccc(NC(=O)CSCc3nc4ccccc4s3)cc2)cc1. The van der Waals surface area contributed by atoms with Crippen molar-refractivity contribution in [3.8, 4) is 5.75 Å². The van der Waals surface area contributed by atoms with E-state index >= 15 is 0 Å². The molecule has 4 rings (SSSR count). The highest BCUT2D eigenvalue weighted by molar-refractivity contribution is 7.99. The molecule has 33 heavy (non-hydrogen) atoms. The zero-order valence-electron chi connectivity index (χ0n) is 18.0. The fourth-order valence-electron chi connectivity index (χ4n) is 3.12. The Bertz CT molecular complexity index is 1200. The van der Waals surface area contributed by atoms with Crippen LogP contribution in [0.4, 0.5) is 11.4 Å². The molecule has 0 aliphatic rings. The van der Waals surface area contributed by atoms with Crippen LogP contribution in [0.5, 0.6) is 5.75 Å². The van der Waals surface area contributed by atoms with Gasteiger partial charge in [0.1, 0.15) is 10.8 Å². The third-order valence-corrected chi connectivity index (χ3v) is 6.81. The summed E-state index contributed by atoms with van der Waals surface area (Å²) in [6.45, 7) is 2.52. The number of rotatable bonds is 9. The number of carbonyl (C=O) groups excluding carboxylic acids is 2. The number of amides is 2. The van der Waals surface area contributed by atoms with Gasteiger partial charge in [-0.15, -0.1) is 23.1 Å². The van der Waals surface area contributed by atoms with E-state index in [0.717, 1.165) is 21.0 Å². The van der Waals surface area contributed by atoms with Crippen LogP contribution in [0.1, 0.15) is 22.3 Å². The van der Waals surface area contributed by atoms with Crippen LogP contribution in [-0.4, -0.2) is 29.2 Å². The number of thioether (sulfide) groups is 1. The molecule has 0 unspecified atom stereocenters. The van der Waals surface area contributed by atoms with Crippen molar-refractivity contribution in [2.75, 3.05) is 23.0 Å². The summed E-state index contributed by atoms with van der Waals surface area (Å²) in [5.41, 5.74) is 2.84. The zero-order chi connectivity index (χ0) is 23.0. The number of thiazole rings is 1. The maximum absolute atomic E-state index is 12.5. The van der Waals surface area contributed by atoms with Crippen LogP contribution in [0, 0.1) is 0 Å². The molecular formula is C25H23N3O3S2. The maximum Gasteiger partial charge on any atom is 0.255 e. The second-order valence-corrected chi connectivity index (χ2v) is 9.21. The van der Waals surface area contributed by atoms with Crippen LogP contribution in [0.3, 0.4) is 0 Å². The number of carbonyl (C=O) groups is 2. The summed E-state index contributed by atoms with van der Waals surface area (Å²) in [5, 5.41) is 6.73. The van der Waals surface area contributed by atoms with Crippen LogP contribution >= 0.6 is 23.1 Å². The number of hydrogen-bond acceptors (Lipinski definition) is 6. The lowest BCUT2D eigenvalue weighted by molar-refractivity contribution is -0.113. The van der Waals surface area contributed by atoms with Gasteiger partial charge in [0.2, 0.25) is 5.91 Å². The van der Waals surface area contributed by atoms with Crippen molar-refractivity contribution in [2.45, 2.75) is 12.7 Å². The van der Waals surface area contributed by atoms with Crippen molar-refractivity contribution in [1.82, 2.24) is 4.98 Å². The van der Waals surface area contributed by atoms with Crippen molar-refractivity contribution in [1.29, 1.82) is 0 Å². The number of nitrogens with one attached hydrogen (secondary N) is 2. The summed E-state index contributed by atoms with van der Waals surface area (Å²) in [7, 11) is 0. The van der Waals surface area contributed by atoms with Crippen LogP contribution < -0.4 is 15.4 Å². The van der Waals surface area contributed by atoms with E-state index in [-0.39, 0.29) is 11.8 Å². The molecule has 0 saturated heterocycles. The summed E-state index contributed by atoms with van der Waals surface area (Å²) in [4.78, 5) is 29.3. The number of fused-ring (bicyclic) bond motifs is 1. The first kappa shape index (κ1) is 22.8. The number of benzene rings is 3. The van der Waals surface area contributed by atoms with Gasteiger partial charge in [-0.2, -0.15) is 0 Å². The molecule has 4 aromatic rings. The van der Waals surface area contributed by atoms with Gasteiger partial charge in [-0.05, 0) is 67.6 Å². The first-order valence-electron chi connectivity index (χ1n) is 10.5. The van der Waals surface area contributed by atoms with Gasteiger partial charge < -0.3 is 15.4 Å². The summed E-state index contributed by atoms with van der Waals surface area (Å²) >= 11 is 3.18. The summed E-state index contributed by atoms with van der Waals surface area (Å²) in [5.74, 6) is 1.47. The Hall–Kier alpha value is -3.36. The Kier molecular flexibility index (Phi) is 7.59. The lowest BCUT2D eigenvalue weighted by atomic mass is 10.2. The number of aromatic nitrogens is 1. The Morgan fingerprint density at radius 2 is 1.64 bits per heavy atom. The topological polar surface area (TPSA) is 80.3 Å². The molecule has 0 aliphatic carbocycles. The third kappa shape index (κ3) is 6.34. The molecule has 0 bridgehead atoms. The average Bonchev–Trinajstić information content (AvgIpc) is 3.24. The van der Waals surface area contributed by atoms with E-state index in [0.29, 0.717) is 35.1 Å². The van der Waals surface area contributed by atoms with Crippen molar-refractivity contribution < 1.29 is 14.3 Å². The van der Waals surface area contributed by atoms with E-state index in [4.69, 9.17) is 4.74 Å². The molecule has 6 nitrogen and oxygen atoms in total. The molecule has 2 amide bonds. The molecule has 8 heteroatoms. The fraction of sp³-hybridized carbons (Fsp3) is 0.160. The molecule has 0 saturated carbocycles. The highest BCUT2D eigenvalue weighted by Gasteiger charge is 2.09. The van der Waals surface area contributed by atoms with Crippen molar-refractivity contribution in [3.63, 3.8) is 0 Å². The minimum atomic E-state index is -0.219. The molecule has 0 atom stereocenters. The second-order valence-electron chi connectivity index (χ2n) is 7.11. The largest absolute Gasteiger partial charge is 0.494 e. The molecule has 2 N–H and O–H groups in total. The smallest absolute Gasteiger partial charge is 0.255 e. The van der Waals surface area contributed by atoms with Gasteiger partial charge in [0, 0.05) is 22.7 Å². The van der Waals surface area contributed by atoms with Crippen molar-refractivity contribution in [3.05, 3.63) is 83.4 Å². The summed E-state index contributed by atoms with van der Waals surface area (Å²) in [6.07, 6.45) is 0. The monoisotopic (exact) mass is 477 g/mol. The van der Waals surface area contributed by atoms with Gasteiger partial charge in [-0.25, -0.2) is 4.98 Å². The molecule has 0 radical (unpaired) electrons. The van der Waals surface area contributed by atoms with Crippen LogP contribution in [0.25, 0.3) is 10.2 Å². The Balaban J connectivity index is 1.24. The van der Waals surface area contributed by atoms with Crippen LogP contribution in [-0.2, 0) is 10.5 Å². The minimum absolute atomic E-state index is 0.0901. The zero-order valence-corrected chi connectivity index (χ0v) is 19.7. The van der Waals surface area contributed by atoms with E-state index < -0.39 is 0 Å². The summed E-state index contributed by atoms with van der Waals surface area (Å²) in [6, 6.07) is 22.1. The number of para-hydroxylation sites is 1. The first-order chi connectivity index (χ1) is 16.1. The molecule has 168 valence electrons. The Morgan fingerprint density at radius 1 is 0.939 bits per heavy atom. The average molecular weight is 478 g/mol. The molecule has 0 spiro atoms. The van der Waals surface area contributed by atoms with Gasteiger partial charge in [0.25, 0.3) is 5.91 Å². The quantitative estimate of drug-likeness (QED) is 0.318. The standard InChI is InChI=1S/C25H23N3O3S2/c1-2-31-20-13-11-19(12-14-20)27-25(30)17-7-9-18(10-8-17)26-23(29)15-32-16-24-28-21-5-3-4-6-22(21)33-24/h3-14H,2,15-16H2,1H3,(H,26,29)(H,27,30).